The predicted molar refractivity (Wildman–Crippen MR) is 136 cm³/mol. The van der Waals surface area contributed by atoms with E-state index in [-0.39, 0.29) is 24.7 Å². The van der Waals surface area contributed by atoms with Gasteiger partial charge in [0.2, 0.25) is 5.91 Å². The van der Waals surface area contributed by atoms with Crippen LogP contribution in [0.1, 0.15) is 58.4 Å². The average Bonchev–Trinajstić information content (AvgIpc) is 2.84. The molecule has 2 amide bonds. The van der Waals surface area contributed by atoms with E-state index in [0.29, 0.717) is 5.56 Å². The Bertz CT molecular complexity index is 950. The van der Waals surface area contributed by atoms with Gasteiger partial charge in [-0.3, -0.25) is 4.79 Å². The lowest BCUT2D eigenvalue weighted by atomic mass is 9.83. The molecule has 1 saturated carbocycles. The van der Waals surface area contributed by atoms with Crippen LogP contribution in [0.3, 0.4) is 0 Å². The summed E-state index contributed by atoms with van der Waals surface area (Å²) in [6, 6.07) is 4.60. The number of rotatable bonds is 10. The molecule has 0 aromatic heterocycles. The van der Waals surface area contributed by atoms with Gasteiger partial charge in [-0.2, -0.15) is 0 Å². The number of hydrogen-bond acceptors (Lipinski definition) is 8. The predicted octanol–water partition coefficient (Wildman–Crippen LogP) is 4.06. The van der Waals surface area contributed by atoms with Crippen molar-refractivity contribution >= 4 is 24.1 Å². The highest BCUT2D eigenvalue weighted by atomic mass is 16.7. The highest BCUT2D eigenvalue weighted by Crippen LogP contribution is 2.27. The lowest BCUT2D eigenvalue weighted by molar-refractivity contribution is -0.145. The van der Waals surface area contributed by atoms with Crippen LogP contribution in [-0.4, -0.2) is 55.5 Å². The quantitative estimate of drug-likeness (QED) is 0.205. The maximum absolute atomic E-state index is 13.4. The second kappa shape index (κ2) is 14.2. The fourth-order valence-corrected chi connectivity index (χ4v) is 4.12. The first kappa shape index (κ1) is 29.7. The van der Waals surface area contributed by atoms with Crippen molar-refractivity contribution in [3.63, 3.8) is 0 Å². The smallest absolute Gasteiger partial charge is 0.467 e. The Morgan fingerprint density at radius 1 is 1.11 bits per heavy atom. The minimum absolute atomic E-state index is 0.00839. The van der Waals surface area contributed by atoms with E-state index in [9.17, 15) is 19.2 Å². The third-order valence-corrected chi connectivity index (χ3v) is 5.74. The van der Waals surface area contributed by atoms with Crippen molar-refractivity contribution in [2.24, 2.45) is 5.92 Å². The molecular formula is C27H38N2O8. The molecular weight excluding hydrogens is 480 g/mol. The molecule has 204 valence electrons. The van der Waals surface area contributed by atoms with Crippen LogP contribution < -0.4 is 15.4 Å². The molecule has 2 atom stereocenters. The van der Waals surface area contributed by atoms with E-state index in [1.807, 2.05) is 0 Å². The van der Waals surface area contributed by atoms with Gasteiger partial charge in [-0.25, -0.2) is 14.4 Å². The first-order chi connectivity index (χ1) is 17.5. The molecule has 0 spiro atoms. The Balaban J connectivity index is 2.16. The Kier molecular flexibility index (Phi) is 11.4. The Morgan fingerprint density at radius 3 is 2.43 bits per heavy atom. The van der Waals surface area contributed by atoms with Crippen molar-refractivity contribution in [3.05, 3.63) is 42.5 Å². The SMILES string of the molecule is C=CCOC(=O)Oc1cccc(CC(NC(=O)C(NC(=O)OC(C)(C)C)C2CCCCC2)C(=O)OC)c1. The number of hydrogen-bond donors (Lipinski definition) is 2. The molecule has 1 aromatic rings. The lowest BCUT2D eigenvalue weighted by Gasteiger charge is -2.31. The number of ether oxygens (including phenoxy) is 4. The normalized spacial score (nSPS) is 15.5. The Hall–Kier alpha value is -3.56. The fraction of sp³-hybridized carbons (Fsp3) is 0.556. The first-order valence-corrected chi connectivity index (χ1v) is 12.4. The minimum atomic E-state index is -1.04. The zero-order valence-electron chi connectivity index (χ0n) is 22.0. The monoisotopic (exact) mass is 518 g/mol. The van der Waals surface area contributed by atoms with Crippen molar-refractivity contribution in [1.29, 1.82) is 0 Å². The Morgan fingerprint density at radius 2 is 1.81 bits per heavy atom. The summed E-state index contributed by atoms with van der Waals surface area (Å²) in [7, 11) is 1.23. The molecule has 0 saturated heterocycles. The zero-order valence-corrected chi connectivity index (χ0v) is 22.0. The molecule has 2 unspecified atom stereocenters. The second-order valence-corrected chi connectivity index (χ2v) is 9.91. The van der Waals surface area contributed by atoms with Crippen LogP contribution in [0.25, 0.3) is 0 Å². The van der Waals surface area contributed by atoms with Gasteiger partial charge in [0.25, 0.3) is 0 Å². The zero-order chi connectivity index (χ0) is 27.4. The summed E-state index contributed by atoms with van der Waals surface area (Å²) in [6.07, 6.45) is 4.43. The van der Waals surface area contributed by atoms with E-state index >= 15 is 0 Å². The standard InChI is InChI=1S/C27H38N2O8/c1-6-15-35-26(33)36-20-14-10-11-18(16-20)17-21(24(31)34-5)28-23(30)22(19-12-8-7-9-13-19)29-25(32)37-27(2,3)4/h6,10-11,14,16,19,21-22H,1,7-9,12-13,15,17H2,2-5H3,(H,28,30)(H,29,32). The van der Waals surface area contributed by atoms with E-state index in [1.54, 1.807) is 45.0 Å². The first-order valence-electron chi connectivity index (χ1n) is 12.4. The number of carbonyl (C=O) groups excluding carboxylic acids is 4. The maximum Gasteiger partial charge on any atom is 0.514 e. The third-order valence-electron chi connectivity index (χ3n) is 5.74. The van der Waals surface area contributed by atoms with E-state index in [1.165, 1.54) is 13.2 Å². The molecule has 0 radical (unpaired) electrons. The summed E-state index contributed by atoms with van der Waals surface area (Å²) in [4.78, 5) is 50.2. The number of carbonyl (C=O) groups is 4. The highest BCUT2D eigenvalue weighted by molar-refractivity contribution is 5.90. The second-order valence-electron chi connectivity index (χ2n) is 9.91. The lowest BCUT2D eigenvalue weighted by Crippen LogP contribution is -2.56. The minimum Gasteiger partial charge on any atom is -0.467 e. The molecule has 37 heavy (non-hydrogen) atoms. The molecule has 0 heterocycles. The van der Waals surface area contributed by atoms with Crippen LogP contribution in [0, 0.1) is 5.92 Å². The molecule has 1 aromatic carbocycles. The molecule has 1 aliphatic rings. The fourth-order valence-electron chi connectivity index (χ4n) is 4.12. The van der Waals surface area contributed by atoms with Crippen LogP contribution in [0.4, 0.5) is 9.59 Å². The van der Waals surface area contributed by atoms with Gasteiger partial charge in [-0.05, 0) is 57.2 Å². The van der Waals surface area contributed by atoms with Gasteiger partial charge in [0.05, 0.1) is 7.11 Å². The van der Waals surface area contributed by atoms with Crippen molar-refractivity contribution in [2.45, 2.75) is 77.0 Å². The summed E-state index contributed by atoms with van der Waals surface area (Å²) in [5.74, 6) is -1.01. The molecule has 1 aliphatic carbocycles. The van der Waals surface area contributed by atoms with Gasteiger partial charge >= 0.3 is 18.2 Å². The number of alkyl carbamates (subject to hydrolysis) is 1. The van der Waals surface area contributed by atoms with E-state index in [0.717, 1.165) is 32.1 Å². The largest absolute Gasteiger partial charge is 0.514 e. The van der Waals surface area contributed by atoms with Gasteiger partial charge in [0.1, 0.15) is 30.0 Å². The topological polar surface area (TPSA) is 129 Å². The number of methoxy groups -OCH3 is 1. The summed E-state index contributed by atoms with van der Waals surface area (Å²) < 4.78 is 20.2. The van der Waals surface area contributed by atoms with Crippen molar-refractivity contribution in [2.75, 3.05) is 13.7 Å². The van der Waals surface area contributed by atoms with Crippen LogP contribution in [0.5, 0.6) is 5.75 Å². The van der Waals surface area contributed by atoms with E-state index < -0.39 is 41.8 Å². The Labute approximate surface area is 218 Å². The number of esters is 1. The molecule has 10 heteroatoms. The van der Waals surface area contributed by atoms with Gasteiger partial charge < -0.3 is 29.6 Å². The van der Waals surface area contributed by atoms with Gasteiger partial charge in [-0.15, -0.1) is 0 Å². The molecule has 2 rings (SSSR count). The highest BCUT2D eigenvalue weighted by Gasteiger charge is 2.35. The van der Waals surface area contributed by atoms with Crippen molar-refractivity contribution in [1.82, 2.24) is 10.6 Å². The van der Waals surface area contributed by atoms with Crippen molar-refractivity contribution < 1.29 is 38.1 Å². The van der Waals surface area contributed by atoms with Gasteiger partial charge in [-0.1, -0.05) is 44.1 Å². The van der Waals surface area contributed by atoms with Crippen LogP contribution in [-0.2, 0) is 30.2 Å². The average molecular weight is 519 g/mol. The van der Waals surface area contributed by atoms with Gasteiger partial charge in [0, 0.05) is 6.42 Å². The molecule has 10 nitrogen and oxygen atoms in total. The summed E-state index contributed by atoms with van der Waals surface area (Å²) in [5, 5.41) is 5.46. The molecule has 0 bridgehead atoms. The van der Waals surface area contributed by atoms with Crippen LogP contribution in [0.2, 0.25) is 0 Å². The summed E-state index contributed by atoms with van der Waals surface area (Å²) in [5.41, 5.74) is -0.115. The van der Waals surface area contributed by atoms with Crippen molar-refractivity contribution in [3.8, 4) is 5.75 Å². The summed E-state index contributed by atoms with van der Waals surface area (Å²) in [6.45, 7) is 8.70. The third kappa shape index (κ3) is 10.5. The molecule has 1 fully saturated rings. The van der Waals surface area contributed by atoms with Crippen LogP contribution >= 0.6 is 0 Å². The summed E-state index contributed by atoms with van der Waals surface area (Å²) >= 11 is 0. The van der Waals surface area contributed by atoms with E-state index in [2.05, 4.69) is 17.2 Å². The van der Waals surface area contributed by atoms with Crippen LogP contribution in [0.15, 0.2) is 36.9 Å². The van der Waals surface area contributed by atoms with E-state index in [4.69, 9.17) is 18.9 Å². The molecule has 0 aliphatic heterocycles. The number of amides is 2. The molecule has 2 N–H and O–H groups in total. The maximum atomic E-state index is 13.4. The number of benzene rings is 1. The van der Waals surface area contributed by atoms with Gasteiger partial charge in [0.15, 0.2) is 0 Å². The number of nitrogens with one attached hydrogen (secondary N) is 2.